The molecule has 3 rings (SSSR count). The van der Waals surface area contributed by atoms with Crippen LogP contribution in [0.1, 0.15) is 29.3 Å². The van der Waals surface area contributed by atoms with E-state index in [9.17, 15) is 20.2 Å². The monoisotopic (exact) mass is 598 g/mol. The Morgan fingerprint density at radius 2 is 2.08 bits per heavy atom. The second kappa shape index (κ2) is 13.8. The van der Waals surface area contributed by atoms with Gasteiger partial charge in [-0.05, 0) is 53.5 Å². The second-order valence-corrected chi connectivity index (χ2v) is 8.44. The number of nitrogens with one attached hydrogen (secondary N) is 1. The molecule has 0 spiro atoms. The number of hydrogen-bond donors (Lipinski definition) is 1. The van der Waals surface area contributed by atoms with Crippen molar-refractivity contribution in [3.8, 4) is 29.3 Å². The van der Waals surface area contributed by atoms with Crippen molar-refractivity contribution in [2.24, 2.45) is 5.10 Å². The van der Waals surface area contributed by atoms with Gasteiger partial charge in [0.1, 0.15) is 17.8 Å². The standard InChI is InChI=1S/C25H23BrN6O7/c1-4-37-21-9-16(5-7-20(21)39-23-8-6-17(12-28-23)32(34)35)11-29-31-22(33)14-38-25-18(10-27)19(13-36-3)24(26)15(2)30-25/h5-9,11-12H,4,13-14H2,1-3H3,(H,31,33)/b29-11+. The highest BCUT2D eigenvalue weighted by Crippen LogP contribution is 2.32. The number of nitro groups is 1. The quantitative estimate of drug-likeness (QED) is 0.181. The Morgan fingerprint density at radius 1 is 1.28 bits per heavy atom. The molecule has 39 heavy (non-hydrogen) atoms. The lowest BCUT2D eigenvalue weighted by Crippen LogP contribution is -2.25. The molecule has 0 aliphatic carbocycles. The van der Waals surface area contributed by atoms with Crippen molar-refractivity contribution in [1.82, 2.24) is 15.4 Å². The van der Waals surface area contributed by atoms with Crippen LogP contribution in [0.3, 0.4) is 0 Å². The summed E-state index contributed by atoms with van der Waals surface area (Å²) in [6, 6.07) is 9.62. The van der Waals surface area contributed by atoms with Crippen LogP contribution in [0.5, 0.6) is 23.3 Å². The van der Waals surface area contributed by atoms with Crippen molar-refractivity contribution in [2.75, 3.05) is 20.3 Å². The highest BCUT2D eigenvalue weighted by atomic mass is 79.9. The van der Waals surface area contributed by atoms with E-state index in [1.807, 2.05) is 6.07 Å². The number of amides is 1. The molecular weight excluding hydrogens is 576 g/mol. The predicted octanol–water partition coefficient (Wildman–Crippen LogP) is 4.19. The number of hydrazone groups is 1. The smallest absolute Gasteiger partial charge is 0.287 e. The highest BCUT2D eigenvalue weighted by molar-refractivity contribution is 9.10. The van der Waals surface area contributed by atoms with Crippen LogP contribution in [0.2, 0.25) is 0 Å². The van der Waals surface area contributed by atoms with Gasteiger partial charge >= 0.3 is 0 Å². The topological polar surface area (TPSA) is 171 Å². The molecule has 0 radical (unpaired) electrons. The van der Waals surface area contributed by atoms with Crippen LogP contribution in [-0.4, -0.2) is 47.3 Å². The number of aromatic nitrogens is 2. The maximum absolute atomic E-state index is 12.3. The van der Waals surface area contributed by atoms with Crippen LogP contribution >= 0.6 is 15.9 Å². The third-order valence-corrected chi connectivity index (χ3v) is 5.98. The van der Waals surface area contributed by atoms with Gasteiger partial charge in [0.15, 0.2) is 18.1 Å². The first-order valence-electron chi connectivity index (χ1n) is 11.3. The Kier molecular flexibility index (Phi) is 10.2. The van der Waals surface area contributed by atoms with Crippen LogP contribution in [-0.2, 0) is 16.1 Å². The summed E-state index contributed by atoms with van der Waals surface area (Å²) in [5, 5.41) is 24.3. The lowest BCUT2D eigenvalue weighted by molar-refractivity contribution is -0.385. The van der Waals surface area contributed by atoms with Gasteiger partial charge in [0, 0.05) is 29.3 Å². The molecule has 0 saturated carbocycles. The average Bonchev–Trinajstić information content (AvgIpc) is 2.92. The Balaban J connectivity index is 1.64. The van der Waals surface area contributed by atoms with E-state index in [-0.39, 0.29) is 29.6 Å². The van der Waals surface area contributed by atoms with Gasteiger partial charge < -0.3 is 18.9 Å². The van der Waals surface area contributed by atoms with Crippen LogP contribution in [0, 0.1) is 28.4 Å². The van der Waals surface area contributed by atoms with E-state index in [1.54, 1.807) is 32.0 Å². The number of carbonyl (C=O) groups excluding carboxylic acids is 1. The van der Waals surface area contributed by atoms with Gasteiger partial charge in [0.25, 0.3) is 11.6 Å². The number of carbonyl (C=O) groups is 1. The number of halogens is 1. The van der Waals surface area contributed by atoms with Gasteiger partial charge in [-0.15, -0.1) is 0 Å². The van der Waals surface area contributed by atoms with Crippen molar-refractivity contribution in [3.63, 3.8) is 0 Å². The van der Waals surface area contributed by atoms with Gasteiger partial charge in [0.05, 0.1) is 30.0 Å². The first kappa shape index (κ1) is 29.0. The van der Waals surface area contributed by atoms with Crippen LogP contribution < -0.4 is 19.6 Å². The van der Waals surface area contributed by atoms with Crippen molar-refractivity contribution < 1.29 is 28.7 Å². The molecule has 1 aromatic carbocycles. The molecule has 2 heterocycles. The van der Waals surface area contributed by atoms with Crippen molar-refractivity contribution in [1.29, 1.82) is 5.26 Å². The summed E-state index contributed by atoms with van der Waals surface area (Å²) in [4.78, 5) is 30.7. The first-order chi connectivity index (χ1) is 18.8. The zero-order chi connectivity index (χ0) is 28.4. The zero-order valence-electron chi connectivity index (χ0n) is 21.1. The van der Waals surface area contributed by atoms with Crippen molar-refractivity contribution in [3.05, 3.63) is 73.5 Å². The third-order valence-electron chi connectivity index (χ3n) is 4.92. The molecule has 0 atom stereocenters. The number of methoxy groups -OCH3 is 1. The van der Waals surface area contributed by atoms with E-state index in [4.69, 9.17) is 18.9 Å². The van der Waals surface area contributed by atoms with Crippen LogP contribution in [0.4, 0.5) is 5.69 Å². The minimum Gasteiger partial charge on any atom is -0.490 e. The number of benzene rings is 1. The molecule has 1 N–H and O–H groups in total. The second-order valence-electron chi connectivity index (χ2n) is 7.65. The summed E-state index contributed by atoms with van der Waals surface area (Å²) >= 11 is 3.40. The molecule has 14 heteroatoms. The Bertz CT molecular complexity index is 1420. The van der Waals surface area contributed by atoms with Gasteiger partial charge in [-0.25, -0.2) is 15.4 Å². The van der Waals surface area contributed by atoms with E-state index < -0.39 is 17.4 Å². The fraction of sp³-hybridized carbons (Fsp3) is 0.240. The van der Waals surface area contributed by atoms with E-state index in [1.165, 1.54) is 25.5 Å². The largest absolute Gasteiger partial charge is 0.490 e. The molecule has 3 aromatic rings. The fourth-order valence-electron chi connectivity index (χ4n) is 3.17. The molecule has 2 aromatic heterocycles. The molecule has 0 fully saturated rings. The summed E-state index contributed by atoms with van der Waals surface area (Å²) < 4.78 is 22.6. The Morgan fingerprint density at radius 3 is 2.72 bits per heavy atom. The van der Waals surface area contributed by atoms with Crippen LogP contribution in [0.25, 0.3) is 0 Å². The number of aryl methyl sites for hydroxylation is 1. The summed E-state index contributed by atoms with van der Waals surface area (Å²) in [6.45, 7) is 3.62. The zero-order valence-corrected chi connectivity index (χ0v) is 22.7. The van der Waals surface area contributed by atoms with E-state index in [2.05, 4.69) is 36.4 Å². The number of nitriles is 1. The Labute approximate surface area is 231 Å². The average molecular weight is 599 g/mol. The number of nitrogens with zero attached hydrogens (tertiary/aromatic N) is 5. The van der Waals surface area contributed by atoms with Crippen LogP contribution in [0.15, 0.2) is 46.1 Å². The van der Waals surface area contributed by atoms with Gasteiger partial charge in [0.2, 0.25) is 11.8 Å². The molecule has 0 saturated heterocycles. The number of ether oxygens (including phenoxy) is 4. The third kappa shape index (κ3) is 7.69. The molecule has 202 valence electrons. The normalized spacial score (nSPS) is 10.6. The highest BCUT2D eigenvalue weighted by Gasteiger charge is 2.18. The first-order valence-corrected chi connectivity index (χ1v) is 12.1. The minimum absolute atomic E-state index is 0.0174. The SMILES string of the molecule is CCOc1cc(/C=N/NC(=O)COc2nc(C)c(Br)c(COC)c2C#N)ccc1Oc1ccc([N+](=O)[O-])cn1. The van der Waals surface area contributed by atoms with Gasteiger partial charge in [-0.3, -0.25) is 14.9 Å². The molecule has 0 aliphatic heterocycles. The molecule has 0 unspecified atom stereocenters. The lowest BCUT2D eigenvalue weighted by atomic mass is 10.1. The minimum atomic E-state index is -0.569. The van der Waals surface area contributed by atoms with Crippen molar-refractivity contribution in [2.45, 2.75) is 20.5 Å². The summed E-state index contributed by atoms with van der Waals surface area (Å²) in [5.74, 6) is 0.318. The molecule has 0 bridgehead atoms. The predicted molar refractivity (Wildman–Crippen MR) is 142 cm³/mol. The van der Waals surface area contributed by atoms with Gasteiger partial charge in [-0.2, -0.15) is 10.4 Å². The summed E-state index contributed by atoms with van der Waals surface area (Å²) in [7, 11) is 1.50. The fourth-order valence-corrected chi connectivity index (χ4v) is 3.57. The van der Waals surface area contributed by atoms with E-state index in [0.29, 0.717) is 39.4 Å². The van der Waals surface area contributed by atoms with E-state index >= 15 is 0 Å². The van der Waals surface area contributed by atoms with Gasteiger partial charge in [-0.1, -0.05) is 0 Å². The molecule has 1 amide bonds. The van der Waals surface area contributed by atoms with Crippen molar-refractivity contribution >= 4 is 33.7 Å². The molecule has 0 aliphatic rings. The number of rotatable bonds is 12. The summed E-state index contributed by atoms with van der Waals surface area (Å²) in [6.07, 6.45) is 2.49. The van der Waals surface area contributed by atoms with E-state index in [0.717, 1.165) is 6.20 Å². The summed E-state index contributed by atoms with van der Waals surface area (Å²) in [5.41, 5.74) is 4.10. The molecule has 13 nitrogen and oxygen atoms in total. The maximum Gasteiger partial charge on any atom is 0.287 e. The Hall–Kier alpha value is -4.61. The lowest BCUT2D eigenvalue weighted by Gasteiger charge is -2.13. The maximum atomic E-state index is 12.3. The number of pyridine rings is 2. The molecular formula is C25H23BrN6O7. The number of hydrogen-bond acceptors (Lipinski definition) is 11.